The maximum atomic E-state index is 12.8. The predicted molar refractivity (Wildman–Crippen MR) is 76.3 cm³/mol. The monoisotopic (exact) mass is 282 g/mol. The molecule has 0 aliphatic carbocycles. The van der Waals surface area contributed by atoms with Crippen LogP contribution in [-0.4, -0.2) is 47.1 Å². The highest BCUT2D eigenvalue weighted by molar-refractivity contribution is 5.88. The molecule has 5 heteroatoms. The second-order valence-corrected chi connectivity index (χ2v) is 6.92. The van der Waals surface area contributed by atoms with Gasteiger partial charge in [0.1, 0.15) is 6.04 Å². The van der Waals surface area contributed by atoms with Crippen molar-refractivity contribution in [2.24, 2.45) is 11.3 Å². The number of carboxylic acids is 1. The topological polar surface area (TPSA) is 69.6 Å². The summed E-state index contributed by atoms with van der Waals surface area (Å²) >= 11 is 0. The van der Waals surface area contributed by atoms with Gasteiger partial charge in [-0.25, -0.2) is 4.79 Å². The molecule has 0 aromatic rings. The molecule has 0 bridgehead atoms. The van der Waals surface area contributed by atoms with E-state index >= 15 is 0 Å². The number of piperidine rings is 2. The third-order valence-corrected chi connectivity index (χ3v) is 4.82. The van der Waals surface area contributed by atoms with Crippen molar-refractivity contribution in [3.63, 3.8) is 0 Å². The van der Waals surface area contributed by atoms with E-state index in [0.717, 1.165) is 32.2 Å². The first-order chi connectivity index (χ1) is 9.34. The number of hydrogen-bond donors (Lipinski definition) is 2. The third kappa shape index (κ3) is 2.82. The Bertz CT molecular complexity index is 395. The normalized spacial score (nSPS) is 33.8. The second-order valence-electron chi connectivity index (χ2n) is 6.92. The van der Waals surface area contributed by atoms with Gasteiger partial charge < -0.3 is 15.3 Å². The minimum Gasteiger partial charge on any atom is -0.480 e. The second kappa shape index (κ2) is 5.72. The lowest BCUT2D eigenvalue weighted by Gasteiger charge is -2.46. The Labute approximate surface area is 120 Å². The molecular weight excluding hydrogens is 256 g/mol. The first-order valence-electron chi connectivity index (χ1n) is 7.61. The van der Waals surface area contributed by atoms with Crippen LogP contribution in [0.1, 0.15) is 46.5 Å². The molecule has 0 radical (unpaired) electrons. The average molecular weight is 282 g/mol. The first-order valence-corrected chi connectivity index (χ1v) is 7.61. The van der Waals surface area contributed by atoms with Crippen LogP contribution in [-0.2, 0) is 9.59 Å². The SMILES string of the molecule is CC1CCCNC1C(=O)N1CCCC(C)(C)C1C(=O)O. The van der Waals surface area contributed by atoms with Gasteiger partial charge in [-0.1, -0.05) is 20.8 Å². The van der Waals surface area contributed by atoms with Crippen molar-refractivity contribution in [2.45, 2.75) is 58.5 Å². The van der Waals surface area contributed by atoms with Crippen LogP contribution >= 0.6 is 0 Å². The molecule has 2 rings (SSSR count). The van der Waals surface area contributed by atoms with Gasteiger partial charge in [-0.3, -0.25) is 4.79 Å². The van der Waals surface area contributed by atoms with E-state index in [1.54, 1.807) is 4.90 Å². The average Bonchev–Trinajstić information content (AvgIpc) is 2.36. The van der Waals surface area contributed by atoms with Crippen molar-refractivity contribution in [3.8, 4) is 0 Å². The zero-order chi connectivity index (χ0) is 14.9. The van der Waals surface area contributed by atoms with Crippen molar-refractivity contribution in [1.29, 1.82) is 0 Å². The largest absolute Gasteiger partial charge is 0.480 e. The molecule has 2 saturated heterocycles. The van der Waals surface area contributed by atoms with Crippen LogP contribution in [0, 0.1) is 11.3 Å². The van der Waals surface area contributed by atoms with Crippen molar-refractivity contribution >= 4 is 11.9 Å². The Balaban J connectivity index is 2.20. The molecular formula is C15H26N2O3. The van der Waals surface area contributed by atoms with Crippen LogP contribution in [0.2, 0.25) is 0 Å². The number of amides is 1. The fourth-order valence-corrected chi connectivity index (χ4v) is 3.66. The van der Waals surface area contributed by atoms with Gasteiger partial charge in [-0.2, -0.15) is 0 Å². The Kier molecular flexibility index (Phi) is 4.37. The van der Waals surface area contributed by atoms with Gasteiger partial charge in [0, 0.05) is 6.54 Å². The number of aliphatic carboxylic acids is 1. The van der Waals surface area contributed by atoms with Crippen LogP contribution in [0.25, 0.3) is 0 Å². The van der Waals surface area contributed by atoms with Crippen molar-refractivity contribution in [1.82, 2.24) is 10.2 Å². The molecule has 2 fully saturated rings. The molecule has 3 unspecified atom stereocenters. The van der Waals surface area contributed by atoms with Crippen LogP contribution in [0.15, 0.2) is 0 Å². The van der Waals surface area contributed by atoms with E-state index < -0.39 is 12.0 Å². The van der Waals surface area contributed by atoms with Crippen LogP contribution in [0.4, 0.5) is 0 Å². The summed E-state index contributed by atoms with van der Waals surface area (Å²) in [6.07, 6.45) is 3.84. The van der Waals surface area contributed by atoms with E-state index in [0.29, 0.717) is 6.54 Å². The highest BCUT2D eigenvalue weighted by Gasteiger charge is 2.46. The molecule has 0 spiro atoms. The zero-order valence-corrected chi connectivity index (χ0v) is 12.7. The molecule has 1 amide bonds. The van der Waals surface area contributed by atoms with Gasteiger partial charge in [0.2, 0.25) is 5.91 Å². The lowest BCUT2D eigenvalue weighted by atomic mass is 9.75. The number of rotatable bonds is 2. The highest BCUT2D eigenvalue weighted by Crippen LogP contribution is 2.36. The molecule has 20 heavy (non-hydrogen) atoms. The number of carbonyl (C=O) groups is 2. The predicted octanol–water partition coefficient (Wildman–Crippen LogP) is 1.48. The molecule has 2 aliphatic rings. The number of hydrogen-bond acceptors (Lipinski definition) is 3. The number of carbonyl (C=O) groups excluding carboxylic acids is 1. The summed E-state index contributed by atoms with van der Waals surface area (Å²) in [4.78, 5) is 26.0. The zero-order valence-electron chi connectivity index (χ0n) is 12.7. The number of carboxylic acid groups (broad SMARTS) is 1. The lowest BCUT2D eigenvalue weighted by Crippen LogP contribution is -2.61. The number of likely N-dealkylation sites (tertiary alicyclic amines) is 1. The smallest absolute Gasteiger partial charge is 0.326 e. The summed E-state index contributed by atoms with van der Waals surface area (Å²) in [7, 11) is 0. The summed E-state index contributed by atoms with van der Waals surface area (Å²) in [6, 6.07) is -0.931. The maximum absolute atomic E-state index is 12.8. The van der Waals surface area contributed by atoms with Gasteiger partial charge in [0.05, 0.1) is 6.04 Å². The van der Waals surface area contributed by atoms with Crippen molar-refractivity contribution in [3.05, 3.63) is 0 Å². The highest BCUT2D eigenvalue weighted by atomic mass is 16.4. The van der Waals surface area contributed by atoms with Gasteiger partial charge in [-0.15, -0.1) is 0 Å². The van der Waals surface area contributed by atoms with E-state index in [1.807, 2.05) is 13.8 Å². The standard InChI is InChI=1S/C15H26N2O3/c1-10-6-4-8-16-11(10)13(18)17-9-5-7-15(2,3)12(17)14(19)20/h10-12,16H,4-9H2,1-3H3,(H,19,20). The van der Waals surface area contributed by atoms with E-state index in [1.165, 1.54) is 0 Å². The lowest BCUT2D eigenvalue weighted by molar-refractivity contribution is -0.160. The van der Waals surface area contributed by atoms with Crippen molar-refractivity contribution in [2.75, 3.05) is 13.1 Å². The molecule has 0 aromatic carbocycles. The van der Waals surface area contributed by atoms with Gasteiger partial charge >= 0.3 is 5.97 Å². The Morgan fingerprint density at radius 1 is 1.30 bits per heavy atom. The molecule has 2 N–H and O–H groups in total. The van der Waals surface area contributed by atoms with E-state index in [2.05, 4.69) is 12.2 Å². The fourth-order valence-electron chi connectivity index (χ4n) is 3.66. The van der Waals surface area contributed by atoms with E-state index in [9.17, 15) is 14.7 Å². The third-order valence-electron chi connectivity index (χ3n) is 4.82. The Hall–Kier alpha value is -1.10. The molecule has 0 saturated carbocycles. The maximum Gasteiger partial charge on any atom is 0.326 e. The van der Waals surface area contributed by atoms with E-state index in [4.69, 9.17) is 0 Å². The molecule has 2 aliphatic heterocycles. The van der Waals surface area contributed by atoms with Crippen LogP contribution < -0.4 is 5.32 Å². The van der Waals surface area contributed by atoms with Gasteiger partial charge in [-0.05, 0) is 43.6 Å². The molecule has 0 aromatic heterocycles. The summed E-state index contributed by atoms with van der Waals surface area (Å²) < 4.78 is 0. The molecule has 2 heterocycles. The van der Waals surface area contributed by atoms with E-state index in [-0.39, 0.29) is 23.3 Å². The summed E-state index contributed by atoms with van der Waals surface area (Å²) in [6.45, 7) is 7.37. The van der Waals surface area contributed by atoms with Crippen molar-refractivity contribution < 1.29 is 14.7 Å². The quantitative estimate of drug-likeness (QED) is 0.805. The summed E-state index contributed by atoms with van der Waals surface area (Å²) in [5, 5.41) is 12.8. The van der Waals surface area contributed by atoms with Gasteiger partial charge in [0.25, 0.3) is 0 Å². The van der Waals surface area contributed by atoms with Crippen LogP contribution in [0.5, 0.6) is 0 Å². The molecule has 5 nitrogen and oxygen atoms in total. The first kappa shape index (κ1) is 15.3. The fraction of sp³-hybridized carbons (Fsp3) is 0.867. The summed E-state index contributed by atoms with van der Waals surface area (Å²) in [5.41, 5.74) is -0.363. The minimum absolute atomic E-state index is 0.0302. The molecule has 3 atom stereocenters. The van der Waals surface area contributed by atoms with Crippen LogP contribution in [0.3, 0.4) is 0 Å². The molecule has 114 valence electrons. The Morgan fingerprint density at radius 2 is 2.00 bits per heavy atom. The Morgan fingerprint density at radius 3 is 2.60 bits per heavy atom. The van der Waals surface area contributed by atoms with Gasteiger partial charge in [0.15, 0.2) is 0 Å². The number of nitrogens with zero attached hydrogens (tertiary/aromatic N) is 1. The summed E-state index contributed by atoms with van der Waals surface area (Å²) in [5.74, 6) is -0.639. The minimum atomic E-state index is -0.883. The number of nitrogens with one attached hydrogen (secondary N) is 1.